The molecule has 1 aliphatic rings. The summed E-state index contributed by atoms with van der Waals surface area (Å²) in [7, 11) is 0. The summed E-state index contributed by atoms with van der Waals surface area (Å²) in [6.07, 6.45) is 2.01. The van der Waals surface area contributed by atoms with Crippen LogP contribution in [0.1, 0.15) is 25.3 Å². The molecule has 3 nitrogen and oxygen atoms in total. The quantitative estimate of drug-likeness (QED) is 0.590. The predicted octanol–water partition coefficient (Wildman–Crippen LogP) is 1.94. The molecule has 1 aromatic rings. The molecule has 1 aliphatic carbocycles. The second kappa shape index (κ2) is 4.26. The van der Waals surface area contributed by atoms with E-state index in [1.807, 2.05) is 37.3 Å². The SMILES string of the molecule is C/C(=N/NC(=O)C1CC1)c1ccccc1. The first-order chi connectivity index (χ1) is 7.27. The maximum Gasteiger partial charge on any atom is 0.243 e. The average Bonchev–Trinajstić information content (AvgIpc) is 3.10. The minimum absolute atomic E-state index is 0.0466. The van der Waals surface area contributed by atoms with E-state index < -0.39 is 0 Å². The van der Waals surface area contributed by atoms with Gasteiger partial charge in [-0.3, -0.25) is 4.79 Å². The molecule has 15 heavy (non-hydrogen) atoms. The number of hydrazone groups is 1. The van der Waals surface area contributed by atoms with Gasteiger partial charge in [-0.15, -0.1) is 0 Å². The van der Waals surface area contributed by atoms with Gasteiger partial charge in [-0.2, -0.15) is 5.10 Å². The second-order valence-corrected chi connectivity index (χ2v) is 3.81. The number of carbonyl (C=O) groups is 1. The van der Waals surface area contributed by atoms with Crippen molar-refractivity contribution < 1.29 is 4.79 Å². The first-order valence-corrected chi connectivity index (χ1v) is 5.17. The molecular formula is C12H14N2O. The fraction of sp³-hybridized carbons (Fsp3) is 0.333. The molecule has 0 heterocycles. The van der Waals surface area contributed by atoms with Crippen molar-refractivity contribution in [2.75, 3.05) is 0 Å². The van der Waals surface area contributed by atoms with Gasteiger partial charge in [-0.25, -0.2) is 5.43 Å². The topological polar surface area (TPSA) is 41.5 Å². The van der Waals surface area contributed by atoms with E-state index in [-0.39, 0.29) is 11.8 Å². The van der Waals surface area contributed by atoms with Crippen LogP contribution >= 0.6 is 0 Å². The number of hydrogen-bond donors (Lipinski definition) is 1. The molecule has 0 radical (unpaired) electrons. The van der Waals surface area contributed by atoms with Crippen LogP contribution in [0.2, 0.25) is 0 Å². The van der Waals surface area contributed by atoms with Crippen LogP contribution in [0.4, 0.5) is 0 Å². The van der Waals surface area contributed by atoms with E-state index in [4.69, 9.17) is 0 Å². The molecule has 0 saturated heterocycles. The smallest absolute Gasteiger partial charge is 0.243 e. The zero-order valence-corrected chi connectivity index (χ0v) is 8.73. The van der Waals surface area contributed by atoms with Crippen molar-refractivity contribution in [2.24, 2.45) is 11.0 Å². The summed E-state index contributed by atoms with van der Waals surface area (Å²) in [6, 6.07) is 9.82. The Labute approximate surface area is 89.2 Å². The third kappa shape index (κ3) is 2.65. The highest BCUT2D eigenvalue weighted by Crippen LogP contribution is 2.28. The second-order valence-electron chi connectivity index (χ2n) is 3.81. The van der Waals surface area contributed by atoms with Gasteiger partial charge in [0.25, 0.3) is 0 Å². The van der Waals surface area contributed by atoms with Crippen LogP contribution in [0.25, 0.3) is 0 Å². The summed E-state index contributed by atoms with van der Waals surface area (Å²) in [5, 5.41) is 4.07. The van der Waals surface area contributed by atoms with Crippen molar-refractivity contribution in [1.82, 2.24) is 5.43 Å². The molecule has 1 N–H and O–H groups in total. The normalized spacial score (nSPS) is 16.2. The van der Waals surface area contributed by atoms with E-state index in [0.717, 1.165) is 24.1 Å². The molecule has 78 valence electrons. The number of rotatable bonds is 3. The van der Waals surface area contributed by atoms with Gasteiger partial charge in [0.05, 0.1) is 5.71 Å². The van der Waals surface area contributed by atoms with Crippen LogP contribution in [-0.4, -0.2) is 11.6 Å². The third-order valence-electron chi connectivity index (χ3n) is 2.47. The van der Waals surface area contributed by atoms with Crippen molar-refractivity contribution in [3.8, 4) is 0 Å². The van der Waals surface area contributed by atoms with Crippen molar-refractivity contribution in [2.45, 2.75) is 19.8 Å². The summed E-state index contributed by atoms with van der Waals surface area (Å²) in [5.74, 6) is 0.252. The number of amides is 1. The van der Waals surface area contributed by atoms with Gasteiger partial charge in [0.2, 0.25) is 5.91 Å². The van der Waals surface area contributed by atoms with E-state index in [2.05, 4.69) is 10.5 Å². The molecule has 0 atom stereocenters. The summed E-state index contributed by atoms with van der Waals surface area (Å²) in [4.78, 5) is 11.3. The standard InChI is InChI=1S/C12H14N2O/c1-9(10-5-3-2-4-6-10)13-14-12(15)11-7-8-11/h2-6,11H,7-8H2,1H3,(H,14,15)/b13-9-. The Morgan fingerprint density at radius 2 is 2.00 bits per heavy atom. The lowest BCUT2D eigenvalue weighted by molar-refractivity contribution is -0.122. The summed E-state index contributed by atoms with van der Waals surface area (Å²) < 4.78 is 0. The number of benzene rings is 1. The summed E-state index contributed by atoms with van der Waals surface area (Å²) in [6.45, 7) is 1.89. The number of hydrogen-bond acceptors (Lipinski definition) is 2. The van der Waals surface area contributed by atoms with Crippen molar-refractivity contribution in [3.05, 3.63) is 35.9 Å². The van der Waals surface area contributed by atoms with Crippen LogP contribution in [0, 0.1) is 5.92 Å². The van der Waals surface area contributed by atoms with Crippen LogP contribution in [0.3, 0.4) is 0 Å². The predicted molar refractivity (Wildman–Crippen MR) is 59.5 cm³/mol. The number of nitrogens with zero attached hydrogens (tertiary/aromatic N) is 1. The lowest BCUT2D eigenvalue weighted by Gasteiger charge is -2.01. The molecule has 1 fully saturated rings. The Morgan fingerprint density at radius 1 is 1.33 bits per heavy atom. The van der Waals surface area contributed by atoms with Gasteiger partial charge in [0, 0.05) is 5.92 Å². The first-order valence-electron chi connectivity index (χ1n) is 5.17. The zero-order chi connectivity index (χ0) is 10.7. The van der Waals surface area contributed by atoms with Crippen molar-refractivity contribution in [1.29, 1.82) is 0 Å². The van der Waals surface area contributed by atoms with E-state index in [9.17, 15) is 4.79 Å². The Hall–Kier alpha value is -1.64. The number of carbonyl (C=O) groups excluding carboxylic acids is 1. The molecule has 1 aromatic carbocycles. The van der Waals surface area contributed by atoms with Gasteiger partial charge in [0.1, 0.15) is 0 Å². The van der Waals surface area contributed by atoms with Crippen LogP contribution in [0.15, 0.2) is 35.4 Å². The molecule has 1 saturated carbocycles. The fourth-order valence-corrected chi connectivity index (χ4v) is 1.32. The van der Waals surface area contributed by atoms with Gasteiger partial charge in [0.15, 0.2) is 0 Å². The van der Waals surface area contributed by atoms with Crippen molar-refractivity contribution in [3.63, 3.8) is 0 Å². The van der Waals surface area contributed by atoms with Crippen molar-refractivity contribution >= 4 is 11.6 Å². The first kappa shape index (κ1) is 9.90. The third-order valence-corrected chi connectivity index (χ3v) is 2.47. The lowest BCUT2D eigenvalue weighted by atomic mass is 10.1. The minimum Gasteiger partial charge on any atom is -0.273 e. The van der Waals surface area contributed by atoms with Crippen LogP contribution < -0.4 is 5.43 Å². The highest BCUT2D eigenvalue weighted by molar-refractivity contribution is 5.99. The number of nitrogens with one attached hydrogen (secondary N) is 1. The van der Waals surface area contributed by atoms with Crippen LogP contribution in [0.5, 0.6) is 0 Å². The van der Waals surface area contributed by atoms with Gasteiger partial charge >= 0.3 is 0 Å². The van der Waals surface area contributed by atoms with E-state index >= 15 is 0 Å². The van der Waals surface area contributed by atoms with E-state index in [1.165, 1.54) is 0 Å². The Kier molecular flexibility index (Phi) is 2.81. The maximum atomic E-state index is 11.3. The molecule has 0 bridgehead atoms. The zero-order valence-electron chi connectivity index (χ0n) is 8.73. The molecule has 0 spiro atoms. The summed E-state index contributed by atoms with van der Waals surface area (Å²) >= 11 is 0. The van der Waals surface area contributed by atoms with Gasteiger partial charge < -0.3 is 0 Å². The van der Waals surface area contributed by atoms with Gasteiger partial charge in [-0.05, 0) is 25.3 Å². The van der Waals surface area contributed by atoms with Crippen LogP contribution in [-0.2, 0) is 4.79 Å². The average molecular weight is 202 g/mol. The molecule has 2 rings (SSSR count). The molecule has 3 heteroatoms. The molecule has 0 unspecified atom stereocenters. The van der Waals surface area contributed by atoms with E-state index in [0.29, 0.717) is 0 Å². The van der Waals surface area contributed by atoms with E-state index in [1.54, 1.807) is 0 Å². The Bertz CT molecular complexity index is 380. The highest BCUT2D eigenvalue weighted by atomic mass is 16.2. The minimum atomic E-state index is 0.0466. The fourth-order valence-electron chi connectivity index (χ4n) is 1.32. The molecule has 0 aliphatic heterocycles. The maximum absolute atomic E-state index is 11.3. The van der Waals surface area contributed by atoms with Gasteiger partial charge in [-0.1, -0.05) is 30.3 Å². The highest BCUT2D eigenvalue weighted by Gasteiger charge is 2.29. The monoisotopic (exact) mass is 202 g/mol. The Morgan fingerprint density at radius 3 is 2.60 bits per heavy atom. The lowest BCUT2D eigenvalue weighted by Crippen LogP contribution is -2.20. The molecular weight excluding hydrogens is 188 g/mol. The largest absolute Gasteiger partial charge is 0.273 e. The summed E-state index contributed by atoms with van der Waals surface area (Å²) in [5.41, 5.74) is 4.47. The Balaban J connectivity index is 1.97. The molecule has 1 amide bonds. The molecule has 0 aromatic heterocycles.